The van der Waals surface area contributed by atoms with Crippen LogP contribution >= 0.6 is 0 Å². The number of hydrogen-bond acceptors (Lipinski definition) is 7. The summed E-state index contributed by atoms with van der Waals surface area (Å²) in [4.78, 5) is 12.8. The number of nitrogens with zero attached hydrogens (tertiary/aromatic N) is 4. The highest BCUT2D eigenvalue weighted by Gasteiger charge is 2.09. The standard InChI is InChI=1S/C18H18N6O2/c1-2-25-9-10-26-18-14-4-3-13(11-12(14)5-6-21-18)22-17-15-16(23-24-17)20-8-7-19-15/h3-8,11H,2,9-10H2,1H3,(H2,20,22,23,24). The van der Waals surface area contributed by atoms with Crippen molar-refractivity contribution < 1.29 is 9.47 Å². The average molecular weight is 350 g/mol. The summed E-state index contributed by atoms with van der Waals surface area (Å²) in [7, 11) is 0. The highest BCUT2D eigenvalue weighted by Crippen LogP contribution is 2.28. The molecule has 0 fully saturated rings. The van der Waals surface area contributed by atoms with Crippen LogP contribution in [0.3, 0.4) is 0 Å². The summed E-state index contributed by atoms with van der Waals surface area (Å²) in [6, 6.07) is 7.89. The van der Waals surface area contributed by atoms with Gasteiger partial charge in [-0.1, -0.05) is 0 Å². The first-order chi connectivity index (χ1) is 12.8. The SMILES string of the molecule is CCOCCOc1nccc2cc(Nc3n[nH]c4nccnc34)ccc12. The summed E-state index contributed by atoms with van der Waals surface area (Å²) in [5.41, 5.74) is 2.23. The zero-order valence-electron chi connectivity index (χ0n) is 14.3. The number of fused-ring (bicyclic) bond motifs is 2. The summed E-state index contributed by atoms with van der Waals surface area (Å²) < 4.78 is 11.0. The maximum atomic E-state index is 5.73. The van der Waals surface area contributed by atoms with Crippen molar-refractivity contribution in [2.75, 3.05) is 25.1 Å². The van der Waals surface area contributed by atoms with Crippen LogP contribution in [0.4, 0.5) is 11.5 Å². The van der Waals surface area contributed by atoms with Gasteiger partial charge in [-0.3, -0.25) is 5.10 Å². The van der Waals surface area contributed by atoms with E-state index in [2.05, 4.69) is 30.5 Å². The van der Waals surface area contributed by atoms with E-state index in [4.69, 9.17) is 9.47 Å². The van der Waals surface area contributed by atoms with E-state index in [1.165, 1.54) is 0 Å². The molecule has 0 saturated carbocycles. The van der Waals surface area contributed by atoms with Crippen molar-refractivity contribution in [2.24, 2.45) is 0 Å². The number of H-pyrrole nitrogens is 1. The molecule has 0 radical (unpaired) electrons. The van der Waals surface area contributed by atoms with E-state index in [1.54, 1.807) is 18.6 Å². The van der Waals surface area contributed by atoms with Crippen molar-refractivity contribution in [1.82, 2.24) is 25.1 Å². The molecule has 4 aromatic rings. The number of rotatable bonds is 7. The first-order valence-corrected chi connectivity index (χ1v) is 8.36. The second-order valence-corrected chi connectivity index (χ2v) is 5.55. The van der Waals surface area contributed by atoms with Gasteiger partial charge in [-0.15, -0.1) is 0 Å². The molecular weight excluding hydrogens is 332 g/mol. The molecule has 4 rings (SSSR count). The van der Waals surface area contributed by atoms with Gasteiger partial charge in [0.05, 0.1) is 6.61 Å². The molecule has 3 heterocycles. The largest absolute Gasteiger partial charge is 0.475 e. The van der Waals surface area contributed by atoms with Crippen LogP contribution in [-0.2, 0) is 4.74 Å². The summed E-state index contributed by atoms with van der Waals surface area (Å²) in [6.45, 7) is 3.64. The van der Waals surface area contributed by atoms with Crippen molar-refractivity contribution in [3.8, 4) is 5.88 Å². The average Bonchev–Trinajstić information content (AvgIpc) is 3.08. The smallest absolute Gasteiger partial charge is 0.221 e. The van der Waals surface area contributed by atoms with Gasteiger partial charge in [-0.2, -0.15) is 5.10 Å². The lowest BCUT2D eigenvalue weighted by Gasteiger charge is -2.10. The van der Waals surface area contributed by atoms with E-state index < -0.39 is 0 Å². The monoisotopic (exact) mass is 350 g/mol. The minimum Gasteiger partial charge on any atom is -0.475 e. The lowest BCUT2D eigenvalue weighted by atomic mass is 10.1. The molecule has 26 heavy (non-hydrogen) atoms. The van der Waals surface area contributed by atoms with Crippen molar-refractivity contribution >= 4 is 33.4 Å². The van der Waals surface area contributed by atoms with E-state index in [0.717, 1.165) is 16.5 Å². The highest BCUT2D eigenvalue weighted by molar-refractivity contribution is 5.91. The molecule has 0 bridgehead atoms. The molecule has 0 aliphatic rings. The third-order valence-corrected chi connectivity index (χ3v) is 3.86. The Morgan fingerprint density at radius 3 is 2.88 bits per heavy atom. The molecule has 0 saturated heterocycles. The lowest BCUT2D eigenvalue weighted by molar-refractivity contribution is 0.109. The van der Waals surface area contributed by atoms with Crippen molar-refractivity contribution in [3.05, 3.63) is 42.9 Å². The molecule has 0 spiro atoms. The molecular formula is C18H18N6O2. The second-order valence-electron chi connectivity index (χ2n) is 5.55. The molecule has 2 N–H and O–H groups in total. The molecule has 0 atom stereocenters. The summed E-state index contributed by atoms with van der Waals surface area (Å²) in [5, 5.41) is 12.3. The van der Waals surface area contributed by atoms with Crippen molar-refractivity contribution in [3.63, 3.8) is 0 Å². The zero-order valence-corrected chi connectivity index (χ0v) is 14.3. The van der Waals surface area contributed by atoms with E-state index in [1.807, 2.05) is 31.2 Å². The molecule has 0 unspecified atom stereocenters. The molecule has 0 amide bonds. The summed E-state index contributed by atoms with van der Waals surface area (Å²) >= 11 is 0. The minimum absolute atomic E-state index is 0.470. The van der Waals surface area contributed by atoms with Crippen LogP contribution in [-0.4, -0.2) is 45.0 Å². The predicted molar refractivity (Wildman–Crippen MR) is 98.7 cm³/mol. The predicted octanol–water partition coefficient (Wildman–Crippen LogP) is 3.06. The number of nitrogens with one attached hydrogen (secondary N) is 2. The Morgan fingerprint density at radius 2 is 1.96 bits per heavy atom. The number of pyridine rings is 1. The number of anilines is 2. The zero-order chi connectivity index (χ0) is 17.8. The Balaban J connectivity index is 1.58. The van der Waals surface area contributed by atoms with Crippen LogP contribution in [0.5, 0.6) is 5.88 Å². The Labute approximate surface area is 149 Å². The number of benzene rings is 1. The Hall–Kier alpha value is -3.26. The van der Waals surface area contributed by atoms with Crippen LogP contribution in [0.2, 0.25) is 0 Å². The molecule has 8 nitrogen and oxygen atoms in total. The fourth-order valence-corrected chi connectivity index (χ4v) is 2.66. The third kappa shape index (κ3) is 3.27. The first-order valence-electron chi connectivity index (χ1n) is 8.36. The fourth-order valence-electron chi connectivity index (χ4n) is 2.66. The van der Waals surface area contributed by atoms with Gasteiger partial charge in [0.2, 0.25) is 5.88 Å². The van der Waals surface area contributed by atoms with Gasteiger partial charge in [0.1, 0.15) is 6.61 Å². The van der Waals surface area contributed by atoms with E-state index in [-0.39, 0.29) is 0 Å². The van der Waals surface area contributed by atoms with Crippen LogP contribution in [0.1, 0.15) is 6.92 Å². The first kappa shape index (κ1) is 16.2. The molecule has 1 aromatic carbocycles. The van der Waals surface area contributed by atoms with Gasteiger partial charge in [0.15, 0.2) is 17.0 Å². The lowest BCUT2D eigenvalue weighted by Crippen LogP contribution is -2.07. The second kappa shape index (κ2) is 7.32. The molecule has 0 aliphatic heterocycles. The minimum atomic E-state index is 0.470. The Kier molecular flexibility index (Phi) is 4.57. The number of aromatic nitrogens is 5. The van der Waals surface area contributed by atoms with Crippen LogP contribution < -0.4 is 10.1 Å². The normalized spacial score (nSPS) is 11.1. The van der Waals surface area contributed by atoms with E-state index in [0.29, 0.717) is 42.7 Å². The Morgan fingerprint density at radius 1 is 1.04 bits per heavy atom. The fraction of sp³-hybridized carbons (Fsp3) is 0.222. The summed E-state index contributed by atoms with van der Waals surface area (Å²) in [5.74, 6) is 1.24. The number of hydrogen-bond donors (Lipinski definition) is 2. The van der Waals surface area contributed by atoms with Crippen LogP contribution in [0.15, 0.2) is 42.9 Å². The van der Waals surface area contributed by atoms with Gasteiger partial charge in [0, 0.05) is 36.3 Å². The molecule has 3 aromatic heterocycles. The van der Waals surface area contributed by atoms with Gasteiger partial charge < -0.3 is 14.8 Å². The number of ether oxygens (including phenoxy) is 2. The Bertz CT molecular complexity index is 1030. The van der Waals surface area contributed by atoms with Gasteiger partial charge >= 0.3 is 0 Å². The molecule has 132 valence electrons. The van der Waals surface area contributed by atoms with Crippen LogP contribution in [0.25, 0.3) is 21.9 Å². The van der Waals surface area contributed by atoms with E-state index >= 15 is 0 Å². The van der Waals surface area contributed by atoms with Gasteiger partial charge in [-0.05, 0) is 36.6 Å². The van der Waals surface area contributed by atoms with Crippen molar-refractivity contribution in [2.45, 2.75) is 6.92 Å². The van der Waals surface area contributed by atoms with Gasteiger partial charge in [0.25, 0.3) is 0 Å². The number of aromatic amines is 1. The third-order valence-electron chi connectivity index (χ3n) is 3.86. The van der Waals surface area contributed by atoms with Gasteiger partial charge in [-0.25, -0.2) is 15.0 Å². The quantitative estimate of drug-likeness (QED) is 0.494. The molecule has 8 heteroatoms. The maximum absolute atomic E-state index is 5.73. The van der Waals surface area contributed by atoms with Crippen LogP contribution in [0, 0.1) is 0 Å². The van der Waals surface area contributed by atoms with E-state index in [9.17, 15) is 0 Å². The topological polar surface area (TPSA) is 97.8 Å². The summed E-state index contributed by atoms with van der Waals surface area (Å²) in [6.07, 6.45) is 5.00. The highest BCUT2D eigenvalue weighted by atomic mass is 16.5. The maximum Gasteiger partial charge on any atom is 0.221 e. The molecule has 0 aliphatic carbocycles. The van der Waals surface area contributed by atoms with Crippen molar-refractivity contribution in [1.29, 1.82) is 0 Å².